The van der Waals surface area contributed by atoms with Crippen LogP contribution in [0.15, 0.2) is 18.5 Å². The summed E-state index contributed by atoms with van der Waals surface area (Å²) in [6.07, 6.45) is 4.74. The van der Waals surface area contributed by atoms with Crippen molar-refractivity contribution in [1.82, 2.24) is 14.8 Å². The lowest BCUT2D eigenvalue weighted by Gasteiger charge is -1.99. The molecule has 0 aromatic carbocycles. The van der Waals surface area contributed by atoms with Gasteiger partial charge in [-0.1, -0.05) is 0 Å². The highest BCUT2D eigenvalue weighted by Crippen LogP contribution is 2.26. The lowest BCUT2D eigenvalue weighted by molar-refractivity contribution is 0.718. The fraction of sp³-hybridized carbons (Fsp3) is 0.364. The van der Waals surface area contributed by atoms with Crippen LogP contribution in [-0.4, -0.2) is 21.3 Å². The van der Waals surface area contributed by atoms with Gasteiger partial charge in [-0.25, -0.2) is 0 Å². The van der Waals surface area contributed by atoms with E-state index in [1.54, 1.807) is 0 Å². The molecular formula is C11H16N4. The second kappa shape index (κ2) is 3.90. The fourth-order valence-corrected chi connectivity index (χ4v) is 1.84. The highest BCUT2D eigenvalue weighted by atomic mass is 15.3. The van der Waals surface area contributed by atoms with Crippen LogP contribution in [-0.2, 0) is 13.5 Å². The van der Waals surface area contributed by atoms with Gasteiger partial charge in [-0.3, -0.25) is 4.68 Å². The highest BCUT2D eigenvalue weighted by Gasteiger charge is 2.13. The molecule has 15 heavy (non-hydrogen) atoms. The van der Waals surface area contributed by atoms with Gasteiger partial charge in [0.05, 0.1) is 5.69 Å². The summed E-state index contributed by atoms with van der Waals surface area (Å²) in [7, 11) is 1.96. The Labute approximate surface area is 89.1 Å². The summed E-state index contributed by atoms with van der Waals surface area (Å²) in [5.74, 6) is 0. The van der Waals surface area contributed by atoms with E-state index in [2.05, 4.69) is 23.1 Å². The minimum Gasteiger partial charge on any atom is -0.367 e. The zero-order valence-electron chi connectivity index (χ0n) is 9.12. The molecule has 4 heteroatoms. The zero-order valence-corrected chi connectivity index (χ0v) is 9.12. The van der Waals surface area contributed by atoms with Crippen LogP contribution in [0.5, 0.6) is 0 Å². The van der Waals surface area contributed by atoms with Gasteiger partial charge in [-0.15, -0.1) is 0 Å². The van der Waals surface area contributed by atoms with Gasteiger partial charge >= 0.3 is 0 Å². The Hall–Kier alpha value is -1.55. The van der Waals surface area contributed by atoms with Crippen molar-refractivity contribution in [2.24, 2.45) is 12.8 Å². The van der Waals surface area contributed by atoms with Gasteiger partial charge in [0.15, 0.2) is 0 Å². The SMILES string of the molecule is Cc1c(-c2cc[nH]c2)c(CCN)nn1C. The standard InChI is InChI=1S/C11H16N4/c1-8-11(9-4-6-13-7-9)10(3-5-12)14-15(8)2/h4,6-7,13H,3,5,12H2,1-2H3. The summed E-state index contributed by atoms with van der Waals surface area (Å²) < 4.78 is 1.91. The average molecular weight is 204 g/mol. The molecule has 0 spiro atoms. The molecule has 0 aliphatic heterocycles. The maximum atomic E-state index is 5.59. The summed E-state index contributed by atoms with van der Waals surface area (Å²) in [6, 6.07) is 2.06. The van der Waals surface area contributed by atoms with Crippen LogP contribution in [0.3, 0.4) is 0 Å². The predicted octanol–water partition coefficient (Wildman–Crippen LogP) is 1.22. The van der Waals surface area contributed by atoms with Crippen LogP contribution >= 0.6 is 0 Å². The lowest BCUT2D eigenvalue weighted by Crippen LogP contribution is -2.04. The van der Waals surface area contributed by atoms with Gasteiger partial charge in [0.25, 0.3) is 0 Å². The van der Waals surface area contributed by atoms with Gasteiger partial charge in [-0.2, -0.15) is 5.10 Å². The van der Waals surface area contributed by atoms with Gasteiger partial charge in [0.1, 0.15) is 0 Å². The van der Waals surface area contributed by atoms with E-state index in [0.717, 1.165) is 12.1 Å². The molecule has 2 aromatic heterocycles. The maximum absolute atomic E-state index is 5.59. The molecule has 3 N–H and O–H groups in total. The molecule has 0 saturated carbocycles. The monoisotopic (exact) mass is 204 g/mol. The first-order valence-electron chi connectivity index (χ1n) is 5.09. The number of aromatic nitrogens is 3. The van der Waals surface area contributed by atoms with E-state index < -0.39 is 0 Å². The van der Waals surface area contributed by atoms with Crippen LogP contribution in [0, 0.1) is 6.92 Å². The number of hydrogen-bond acceptors (Lipinski definition) is 2. The summed E-state index contributed by atoms with van der Waals surface area (Å²) in [5, 5.41) is 4.48. The van der Waals surface area contributed by atoms with E-state index in [9.17, 15) is 0 Å². The molecule has 2 rings (SSSR count). The summed E-state index contributed by atoms with van der Waals surface area (Å²) >= 11 is 0. The molecule has 2 aromatic rings. The molecule has 0 atom stereocenters. The molecule has 2 heterocycles. The van der Waals surface area contributed by atoms with Crippen molar-refractivity contribution >= 4 is 0 Å². The van der Waals surface area contributed by atoms with Crippen LogP contribution in [0.2, 0.25) is 0 Å². The van der Waals surface area contributed by atoms with E-state index >= 15 is 0 Å². The minimum atomic E-state index is 0.633. The first-order valence-corrected chi connectivity index (χ1v) is 5.09. The smallest absolute Gasteiger partial charge is 0.0718 e. The topological polar surface area (TPSA) is 59.6 Å². The molecular weight excluding hydrogens is 188 g/mol. The number of rotatable bonds is 3. The Morgan fingerprint density at radius 2 is 2.33 bits per heavy atom. The Morgan fingerprint density at radius 1 is 1.53 bits per heavy atom. The molecule has 4 nitrogen and oxygen atoms in total. The van der Waals surface area contributed by atoms with Crippen LogP contribution < -0.4 is 5.73 Å². The third kappa shape index (κ3) is 1.68. The molecule has 80 valence electrons. The summed E-state index contributed by atoms with van der Waals surface area (Å²) in [5.41, 5.74) is 10.2. The average Bonchev–Trinajstić information content (AvgIpc) is 2.78. The number of H-pyrrole nitrogens is 1. The summed E-state index contributed by atoms with van der Waals surface area (Å²) in [4.78, 5) is 3.07. The quantitative estimate of drug-likeness (QED) is 0.789. The van der Waals surface area contributed by atoms with Gasteiger partial charge < -0.3 is 10.7 Å². The van der Waals surface area contributed by atoms with Crippen molar-refractivity contribution in [3.8, 4) is 11.1 Å². The fourth-order valence-electron chi connectivity index (χ4n) is 1.84. The molecule has 0 aliphatic rings. The number of hydrogen-bond donors (Lipinski definition) is 2. The van der Waals surface area contributed by atoms with E-state index in [1.807, 2.05) is 24.1 Å². The van der Waals surface area contributed by atoms with E-state index in [4.69, 9.17) is 5.73 Å². The Kier molecular flexibility index (Phi) is 2.60. The zero-order chi connectivity index (χ0) is 10.8. The number of nitrogens with one attached hydrogen (secondary N) is 1. The van der Waals surface area contributed by atoms with E-state index in [-0.39, 0.29) is 0 Å². The number of aromatic amines is 1. The Bertz CT molecular complexity index is 439. The molecule has 0 amide bonds. The molecule has 0 fully saturated rings. The van der Waals surface area contributed by atoms with Crippen molar-refractivity contribution < 1.29 is 0 Å². The number of nitrogens with zero attached hydrogens (tertiary/aromatic N) is 2. The third-order valence-electron chi connectivity index (χ3n) is 2.67. The van der Waals surface area contributed by atoms with Crippen molar-refractivity contribution in [3.63, 3.8) is 0 Å². The van der Waals surface area contributed by atoms with E-state index in [0.29, 0.717) is 6.54 Å². The first-order chi connectivity index (χ1) is 7.24. The second-order valence-corrected chi connectivity index (χ2v) is 3.67. The second-order valence-electron chi connectivity index (χ2n) is 3.67. The van der Waals surface area contributed by atoms with Crippen molar-refractivity contribution in [2.45, 2.75) is 13.3 Å². The molecule has 0 saturated heterocycles. The molecule has 0 radical (unpaired) electrons. The normalized spacial score (nSPS) is 10.9. The first kappa shape index (κ1) is 9.98. The lowest BCUT2D eigenvalue weighted by atomic mass is 10.1. The van der Waals surface area contributed by atoms with Crippen LogP contribution in [0.1, 0.15) is 11.4 Å². The van der Waals surface area contributed by atoms with Crippen LogP contribution in [0.4, 0.5) is 0 Å². The Balaban J connectivity index is 2.53. The third-order valence-corrected chi connectivity index (χ3v) is 2.67. The molecule has 0 aliphatic carbocycles. The predicted molar refractivity (Wildman–Crippen MR) is 60.5 cm³/mol. The van der Waals surface area contributed by atoms with Crippen molar-refractivity contribution in [1.29, 1.82) is 0 Å². The number of aryl methyl sites for hydroxylation is 1. The number of nitrogens with two attached hydrogens (primary N) is 1. The van der Waals surface area contributed by atoms with Gasteiger partial charge in [-0.05, 0) is 19.5 Å². The molecule has 0 unspecified atom stereocenters. The maximum Gasteiger partial charge on any atom is 0.0718 e. The molecule has 0 bridgehead atoms. The minimum absolute atomic E-state index is 0.633. The highest BCUT2D eigenvalue weighted by molar-refractivity contribution is 5.68. The van der Waals surface area contributed by atoms with E-state index in [1.165, 1.54) is 16.8 Å². The van der Waals surface area contributed by atoms with Crippen molar-refractivity contribution in [3.05, 3.63) is 29.8 Å². The van der Waals surface area contributed by atoms with Gasteiger partial charge in [0, 0.05) is 42.7 Å². The van der Waals surface area contributed by atoms with Gasteiger partial charge in [0.2, 0.25) is 0 Å². The largest absolute Gasteiger partial charge is 0.367 e. The summed E-state index contributed by atoms with van der Waals surface area (Å²) in [6.45, 7) is 2.71. The Morgan fingerprint density at radius 3 is 2.93 bits per heavy atom. The van der Waals surface area contributed by atoms with Crippen molar-refractivity contribution in [2.75, 3.05) is 6.54 Å². The van der Waals surface area contributed by atoms with Crippen LogP contribution in [0.25, 0.3) is 11.1 Å².